The van der Waals surface area contributed by atoms with Crippen LogP contribution in [0.1, 0.15) is 16.2 Å². The van der Waals surface area contributed by atoms with Crippen molar-refractivity contribution < 1.29 is 14.3 Å². The Morgan fingerprint density at radius 1 is 1.20 bits per heavy atom. The molecule has 4 nitrogen and oxygen atoms in total. The molecule has 0 aliphatic heterocycles. The van der Waals surface area contributed by atoms with E-state index in [1.165, 1.54) is 12.1 Å². The zero-order valence-electron chi connectivity index (χ0n) is 10.5. The third-order valence-electron chi connectivity index (χ3n) is 3.12. The molecular weight excluding hydrogens is 259 g/mol. The first-order chi connectivity index (χ1) is 9.65. The number of hydrogen-bond acceptors (Lipinski definition) is 2. The fourth-order valence-corrected chi connectivity index (χ4v) is 2.19. The smallest absolute Gasteiger partial charge is 0.354 e. The summed E-state index contributed by atoms with van der Waals surface area (Å²) in [6, 6.07) is 11.4. The monoisotopic (exact) mass is 270 g/mol. The van der Waals surface area contributed by atoms with E-state index in [0.29, 0.717) is 17.6 Å². The quantitative estimate of drug-likeness (QED) is 0.796. The normalized spacial score (nSPS) is 10.8. The van der Waals surface area contributed by atoms with Gasteiger partial charge in [-0.05, 0) is 30.3 Å². The molecule has 0 radical (unpaired) electrons. The number of aromatic nitrogens is 2. The molecule has 3 rings (SSSR count). The first-order valence-electron chi connectivity index (χ1n) is 6.08. The van der Waals surface area contributed by atoms with E-state index in [0.717, 1.165) is 5.52 Å². The van der Waals surface area contributed by atoms with Crippen molar-refractivity contribution in [3.05, 3.63) is 65.9 Å². The number of fused-ring (bicyclic) bond motifs is 1. The van der Waals surface area contributed by atoms with E-state index in [4.69, 9.17) is 5.11 Å². The fraction of sp³-hybridized carbons (Fsp3) is 0.0667. The molecule has 1 aromatic carbocycles. The molecule has 0 saturated heterocycles. The number of pyridine rings is 1. The molecule has 0 unspecified atom stereocenters. The highest BCUT2D eigenvalue weighted by molar-refractivity contribution is 5.85. The Kier molecular flexibility index (Phi) is 2.95. The molecule has 0 atom stereocenters. The van der Waals surface area contributed by atoms with E-state index in [9.17, 15) is 9.18 Å². The SMILES string of the molecule is O=C(O)c1cccc(Cn2ccc3c(F)cccc32)n1. The zero-order valence-corrected chi connectivity index (χ0v) is 10.5. The average molecular weight is 270 g/mol. The van der Waals surface area contributed by atoms with Gasteiger partial charge in [-0.3, -0.25) is 0 Å². The topological polar surface area (TPSA) is 55.1 Å². The van der Waals surface area contributed by atoms with Gasteiger partial charge >= 0.3 is 5.97 Å². The predicted octanol–water partition coefficient (Wildman–Crippen LogP) is 2.92. The lowest BCUT2D eigenvalue weighted by Gasteiger charge is -2.06. The highest BCUT2D eigenvalue weighted by Crippen LogP contribution is 2.19. The number of rotatable bonds is 3. The van der Waals surface area contributed by atoms with Crippen LogP contribution in [0.25, 0.3) is 10.9 Å². The molecule has 0 bridgehead atoms. The summed E-state index contributed by atoms with van der Waals surface area (Å²) in [5.41, 5.74) is 1.38. The van der Waals surface area contributed by atoms with Gasteiger partial charge in [-0.2, -0.15) is 0 Å². The Labute approximate surface area is 114 Å². The molecule has 2 aromatic heterocycles. The van der Waals surface area contributed by atoms with Crippen LogP contribution in [0, 0.1) is 5.82 Å². The minimum Gasteiger partial charge on any atom is -0.477 e. The maximum Gasteiger partial charge on any atom is 0.354 e. The van der Waals surface area contributed by atoms with Crippen molar-refractivity contribution in [2.24, 2.45) is 0 Å². The van der Waals surface area contributed by atoms with E-state index < -0.39 is 5.97 Å². The van der Waals surface area contributed by atoms with Crippen LogP contribution >= 0.6 is 0 Å². The summed E-state index contributed by atoms with van der Waals surface area (Å²) in [6.07, 6.45) is 1.77. The second kappa shape index (κ2) is 4.77. The maximum atomic E-state index is 13.6. The van der Waals surface area contributed by atoms with Crippen LogP contribution in [0.5, 0.6) is 0 Å². The molecule has 0 spiro atoms. The van der Waals surface area contributed by atoms with Crippen molar-refractivity contribution in [2.45, 2.75) is 6.54 Å². The fourth-order valence-electron chi connectivity index (χ4n) is 2.19. The lowest BCUT2D eigenvalue weighted by Crippen LogP contribution is -2.05. The predicted molar refractivity (Wildman–Crippen MR) is 72.2 cm³/mol. The van der Waals surface area contributed by atoms with Crippen molar-refractivity contribution >= 4 is 16.9 Å². The Morgan fingerprint density at radius 2 is 2.00 bits per heavy atom. The van der Waals surface area contributed by atoms with Crippen LogP contribution in [0.3, 0.4) is 0 Å². The average Bonchev–Trinajstić information content (AvgIpc) is 2.84. The molecule has 3 aromatic rings. The molecule has 0 saturated carbocycles. The highest BCUT2D eigenvalue weighted by atomic mass is 19.1. The first-order valence-corrected chi connectivity index (χ1v) is 6.08. The Bertz CT molecular complexity index is 795. The Balaban J connectivity index is 1.99. The molecule has 0 aliphatic carbocycles. The number of aromatic carboxylic acids is 1. The maximum absolute atomic E-state index is 13.6. The lowest BCUT2D eigenvalue weighted by molar-refractivity contribution is 0.0690. The number of hydrogen-bond donors (Lipinski definition) is 1. The summed E-state index contributed by atoms with van der Waals surface area (Å²) in [5.74, 6) is -1.33. The minimum absolute atomic E-state index is 0.00476. The standard InChI is InChI=1S/C15H11FN2O2/c16-12-4-2-6-14-11(12)7-8-18(14)9-10-3-1-5-13(17-10)15(19)20/h1-8H,9H2,(H,19,20). The van der Waals surface area contributed by atoms with Gasteiger partial charge in [0.1, 0.15) is 11.5 Å². The van der Waals surface area contributed by atoms with Gasteiger partial charge in [-0.1, -0.05) is 12.1 Å². The van der Waals surface area contributed by atoms with E-state index in [-0.39, 0.29) is 11.5 Å². The van der Waals surface area contributed by atoms with Crippen LogP contribution in [0.4, 0.5) is 4.39 Å². The molecule has 0 aliphatic rings. The Morgan fingerprint density at radius 3 is 2.80 bits per heavy atom. The third kappa shape index (κ3) is 2.14. The lowest BCUT2D eigenvalue weighted by atomic mass is 10.2. The van der Waals surface area contributed by atoms with Gasteiger partial charge in [0.15, 0.2) is 0 Å². The summed E-state index contributed by atoms with van der Waals surface area (Å²) in [6.45, 7) is 0.397. The summed E-state index contributed by atoms with van der Waals surface area (Å²) in [4.78, 5) is 15.0. The van der Waals surface area contributed by atoms with E-state index in [1.807, 2.05) is 10.6 Å². The van der Waals surface area contributed by atoms with E-state index in [1.54, 1.807) is 30.5 Å². The van der Waals surface area contributed by atoms with Crippen molar-refractivity contribution in [3.63, 3.8) is 0 Å². The molecule has 0 fully saturated rings. The van der Waals surface area contributed by atoms with Gasteiger partial charge < -0.3 is 9.67 Å². The van der Waals surface area contributed by atoms with Gasteiger partial charge in [0, 0.05) is 11.6 Å². The number of carboxylic acid groups (broad SMARTS) is 1. The number of carbonyl (C=O) groups is 1. The zero-order chi connectivity index (χ0) is 14.1. The molecule has 5 heteroatoms. The van der Waals surface area contributed by atoms with Crippen LogP contribution < -0.4 is 0 Å². The largest absolute Gasteiger partial charge is 0.477 e. The van der Waals surface area contributed by atoms with Crippen molar-refractivity contribution in [3.8, 4) is 0 Å². The van der Waals surface area contributed by atoms with Gasteiger partial charge in [0.05, 0.1) is 17.8 Å². The summed E-state index contributed by atoms with van der Waals surface area (Å²) in [5, 5.41) is 9.47. The van der Waals surface area contributed by atoms with Gasteiger partial charge in [0.2, 0.25) is 0 Å². The molecule has 2 heterocycles. The summed E-state index contributed by atoms with van der Waals surface area (Å²) in [7, 11) is 0. The van der Waals surface area contributed by atoms with Crippen LogP contribution in [0.2, 0.25) is 0 Å². The van der Waals surface area contributed by atoms with Crippen molar-refractivity contribution in [1.29, 1.82) is 0 Å². The number of carboxylic acids is 1. The van der Waals surface area contributed by atoms with Crippen LogP contribution in [-0.4, -0.2) is 20.6 Å². The molecule has 20 heavy (non-hydrogen) atoms. The highest BCUT2D eigenvalue weighted by Gasteiger charge is 2.08. The van der Waals surface area contributed by atoms with Gasteiger partial charge in [-0.25, -0.2) is 14.2 Å². The Hall–Kier alpha value is -2.69. The van der Waals surface area contributed by atoms with E-state index in [2.05, 4.69) is 4.98 Å². The summed E-state index contributed by atoms with van der Waals surface area (Å²) < 4.78 is 15.4. The minimum atomic E-state index is -1.06. The number of nitrogens with zero attached hydrogens (tertiary/aromatic N) is 2. The number of halogens is 1. The van der Waals surface area contributed by atoms with E-state index >= 15 is 0 Å². The first kappa shape index (κ1) is 12.3. The molecule has 1 N–H and O–H groups in total. The van der Waals surface area contributed by atoms with Gasteiger partial charge in [-0.15, -0.1) is 0 Å². The van der Waals surface area contributed by atoms with Crippen LogP contribution in [0.15, 0.2) is 48.7 Å². The summed E-state index contributed by atoms with van der Waals surface area (Å²) >= 11 is 0. The molecule has 0 amide bonds. The van der Waals surface area contributed by atoms with Gasteiger partial charge in [0.25, 0.3) is 0 Å². The third-order valence-corrected chi connectivity index (χ3v) is 3.12. The second-order valence-electron chi connectivity index (χ2n) is 4.44. The second-order valence-corrected chi connectivity index (χ2v) is 4.44. The van der Waals surface area contributed by atoms with Crippen molar-refractivity contribution in [1.82, 2.24) is 9.55 Å². The molecule has 100 valence electrons. The van der Waals surface area contributed by atoms with Crippen molar-refractivity contribution in [2.75, 3.05) is 0 Å². The molecular formula is C15H11FN2O2. The van der Waals surface area contributed by atoms with Crippen LogP contribution in [-0.2, 0) is 6.54 Å². The number of benzene rings is 1.